The van der Waals surface area contributed by atoms with Crippen molar-refractivity contribution in [2.45, 2.75) is 79.1 Å². The van der Waals surface area contributed by atoms with Crippen LogP contribution in [-0.4, -0.2) is 51.0 Å². The molecule has 0 aromatic rings. The molecule has 0 N–H and O–H groups in total. The fraction of sp³-hybridized carbons (Fsp3) is 1.00. The van der Waals surface area contributed by atoms with Gasteiger partial charge < -0.3 is 13.9 Å². The Labute approximate surface area is 167 Å². The van der Waals surface area contributed by atoms with Crippen molar-refractivity contribution in [1.82, 2.24) is 0 Å². The van der Waals surface area contributed by atoms with Crippen molar-refractivity contribution in [3.05, 3.63) is 0 Å². The van der Waals surface area contributed by atoms with Crippen molar-refractivity contribution in [2.24, 2.45) is 11.8 Å². The summed E-state index contributed by atoms with van der Waals surface area (Å²) in [4.78, 5) is 11.8. The van der Waals surface area contributed by atoms with Gasteiger partial charge in [0.2, 0.25) is 0 Å². The summed E-state index contributed by atoms with van der Waals surface area (Å²) in [6.45, 7) is 8.91. The van der Waals surface area contributed by atoms with E-state index in [1.165, 1.54) is 0 Å². The van der Waals surface area contributed by atoms with Gasteiger partial charge in [-0.25, -0.2) is 0 Å². The quantitative estimate of drug-likeness (QED) is 0.337. The molecule has 0 saturated heterocycles. The van der Waals surface area contributed by atoms with Gasteiger partial charge >= 0.3 is 37.7 Å². The van der Waals surface area contributed by atoms with Gasteiger partial charge in [0, 0.05) is 0 Å². The molecule has 0 spiro atoms. The zero-order chi connectivity index (χ0) is 16.1. The Morgan fingerprint density at radius 2 is 1.23 bits per heavy atom. The van der Waals surface area contributed by atoms with Crippen molar-refractivity contribution >= 4 is 45.6 Å². The Balaban J connectivity index is 0. The zero-order valence-electron chi connectivity index (χ0n) is 15.0. The summed E-state index contributed by atoms with van der Waals surface area (Å²) in [5, 5.41) is 0. The number of hydrogen-bond acceptors (Lipinski definition) is 4. The third-order valence-electron chi connectivity index (χ3n) is 4.02. The molecule has 0 aromatic heterocycles. The average molecular weight is 361 g/mol. The van der Waals surface area contributed by atoms with E-state index in [2.05, 4.69) is 27.7 Å². The minimum Gasteiger partial charge on any atom is -0.756 e. The number of phosphoric ester groups is 1. The summed E-state index contributed by atoms with van der Waals surface area (Å²) < 4.78 is 21.9. The fourth-order valence-electron chi connectivity index (χ4n) is 2.23. The Kier molecular flexibility index (Phi) is 18.5. The van der Waals surface area contributed by atoms with E-state index in [9.17, 15) is 9.46 Å². The molecule has 0 aliphatic carbocycles. The van der Waals surface area contributed by atoms with Gasteiger partial charge in [0.05, 0.1) is 13.2 Å². The normalized spacial score (nSPS) is 16.6. The van der Waals surface area contributed by atoms with E-state index in [1.54, 1.807) is 0 Å². The predicted molar refractivity (Wildman–Crippen MR) is 91.9 cm³/mol. The van der Waals surface area contributed by atoms with E-state index in [1.807, 2.05) is 0 Å². The Bertz CT molecular complexity index is 265. The first-order valence-electron chi connectivity index (χ1n) is 8.59. The van der Waals surface area contributed by atoms with Crippen LogP contribution in [0.2, 0.25) is 0 Å². The van der Waals surface area contributed by atoms with Crippen LogP contribution in [0.5, 0.6) is 0 Å². The first kappa shape index (κ1) is 25.6. The van der Waals surface area contributed by atoms with Crippen molar-refractivity contribution < 1.29 is 18.5 Å². The van der Waals surface area contributed by atoms with Crippen LogP contribution in [0.1, 0.15) is 79.1 Å². The molecule has 2 unspecified atom stereocenters. The number of unbranched alkanes of at least 4 members (excludes halogenated alkanes) is 2. The molecule has 6 heteroatoms. The van der Waals surface area contributed by atoms with Crippen LogP contribution < -0.4 is 4.89 Å². The molecule has 0 aliphatic heterocycles. The van der Waals surface area contributed by atoms with E-state index < -0.39 is 7.82 Å². The largest absolute Gasteiger partial charge is 1.00 e. The Hall–Kier alpha value is 1.37. The maximum atomic E-state index is 11.8. The van der Waals surface area contributed by atoms with Gasteiger partial charge in [0.25, 0.3) is 7.82 Å². The second-order valence-corrected chi connectivity index (χ2v) is 7.28. The van der Waals surface area contributed by atoms with E-state index in [4.69, 9.17) is 9.05 Å². The molecule has 0 rings (SSSR count). The molecule has 1 radical (unpaired) electrons. The van der Waals surface area contributed by atoms with E-state index in [0.29, 0.717) is 11.8 Å². The average Bonchev–Trinajstić information content (AvgIpc) is 2.47. The number of rotatable bonds is 14. The monoisotopic (exact) mass is 361 g/mol. The van der Waals surface area contributed by atoms with E-state index in [0.717, 1.165) is 51.4 Å². The molecule has 0 heterocycles. The summed E-state index contributed by atoms with van der Waals surface area (Å²) in [5.41, 5.74) is 0. The van der Waals surface area contributed by atoms with Gasteiger partial charge in [-0.15, -0.1) is 0 Å². The third kappa shape index (κ3) is 13.8. The van der Waals surface area contributed by atoms with Crippen molar-refractivity contribution in [3.63, 3.8) is 0 Å². The summed E-state index contributed by atoms with van der Waals surface area (Å²) >= 11 is 0. The van der Waals surface area contributed by atoms with Crippen LogP contribution in [0, 0.1) is 11.8 Å². The molecular formula is C16H34CaO4P. The van der Waals surface area contributed by atoms with Crippen LogP contribution in [0.4, 0.5) is 0 Å². The predicted octanol–water partition coefficient (Wildman–Crippen LogP) is 4.54. The molecule has 22 heavy (non-hydrogen) atoms. The molecule has 129 valence electrons. The van der Waals surface area contributed by atoms with Crippen LogP contribution in [0.15, 0.2) is 0 Å². The van der Waals surface area contributed by atoms with Crippen LogP contribution in [0.3, 0.4) is 0 Å². The summed E-state index contributed by atoms with van der Waals surface area (Å²) in [7, 11) is -4.14. The van der Waals surface area contributed by atoms with E-state index >= 15 is 0 Å². The summed E-state index contributed by atoms with van der Waals surface area (Å²) in [5.74, 6) is 0.607. The van der Waals surface area contributed by atoms with Gasteiger partial charge in [-0.2, -0.15) is 0 Å². The van der Waals surface area contributed by atoms with Gasteiger partial charge in [-0.3, -0.25) is 4.57 Å². The van der Waals surface area contributed by atoms with Gasteiger partial charge in [0.15, 0.2) is 0 Å². The van der Waals surface area contributed by atoms with E-state index in [-0.39, 0.29) is 51.0 Å². The minimum atomic E-state index is -4.14. The third-order valence-corrected chi connectivity index (χ3v) is 4.95. The molecule has 0 fully saturated rings. The fourth-order valence-corrected chi connectivity index (χ4v) is 3.09. The minimum absolute atomic E-state index is 0. The Morgan fingerprint density at radius 3 is 1.50 bits per heavy atom. The summed E-state index contributed by atoms with van der Waals surface area (Å²) in [6.07, 6.45) is 8.38. The number of hydrogen-bond donors (Lipinski definition) is 0. The van der Waals surface area contributed by atoms with Crippen LogP contribution in [-0.2, 0) is 13.6 Å². The smallest absolute Gasteiger partial charge is 0.756 e. The first-order valence-corrected chi connectivity index (χ1v) is 10.0. The molecule has 0 aliphatic rings. The molecule has 0 bridgehead atoms. The van der Waals surface area contributed by atoms with Crippen molar-refractivity contribution in [1.29, 1.82) is 0 Å². The molecule has 2 atom stereocenters. The maximum absolute atomic E-state index is 11.8. The van der Waals surface area contributed by atoms with Gasteiger partial charge in [-0.1, -0.05) is 66.2 Å². The second kappa shape index (κ2) is 15.9. The number of phosphoric acid groups is 1. The molecule has 0 aromatic carbocycles. The van der Waals surface area contributed by atoms with Crippen molar-refractivity contribution in [2.75, 3.05) is 13.2 Å². The van der Waals surface area contributed by atoms with Crippen LogP contribution in [0.25, 0.3) is 0 Å². The maximum Gasteiger partial charge on any atom is 1.00 e. The molecular weight excluding hydrogens is 327 g/mol. The zero-order valence-corrected chi connectivity index (χ0v) is 18.1. The van der Waals surface area contributed by atoms with Gasteiger partial charge in [-0.05, 0) is 24.7 Å². The molecule has 0 amide bonds. The van der Waals surface area contributed by atoms with Gasteiger partial charge in [0.1, 0.15) is 0 Å². The SMILES string of the molecule is CCCCC(CC)COP(=O)([O-])OCC(CC)CCCC.[Ca+]. The second-order valence-electron chi connectivity index (χ2n) is 5.87. The Morgan fingerprint density at radius 1 is 0.864 bits per heavy atom. The van der Waals surface area contributed by atoms with Crippen LogP contribution >= 0.6 is 7.82 Å². The molecule has 4 nitrogen and oxygen atoms in total. The standard InChI is InChI=1S/C16H35O4P.Ca/c1-5-9-11-15(7-3)13-19-21(17,18)20-14-16(8-4)12-10-6-2;/h15-16H,5-14H2,1-4H3,(H,17,18);/q;+1/p-1. The first-order chi connectivity index (χ1) is 9.99. The summed E-state index contributed by atoms with van der Waals surface area (Å²) in [6, 6.07) is 0. The topological polar surface area (TPSA) is 58.6 Å². The molecule has 0 saturated carbocycles. The van der Waals surface area contributed by atoms with Crippen molar-refractivity contribution in [3.8, 4) is 0 Å².